The average molecular weight is 287 g/mol. The Labute approximate surface area is 127 Å². The molecular weight excluding hydrogens is 262 g/mol. The molecular formula is C18H25NO2. The van der Waals surface area contributed by atoms with Crippen LogP contribution in [-0.2, 0) is 11.4 Å². The third kappa shape index (κ3) is 4.43. The molecule has 114 valence electrons. The molecule has 1 aromatic carbocycles. The molecule has 0 radical (unpaired) electrons. The minimum atomic E-state index is -0.0668. The molecule has 21 heavy (non-hydrogen) atoms. The Kier molecular flexibility index (Phi) is 4.84. The topological polar surface area (TPSA) is 49.3 Å². The maximum Gasteiger partial charge on any atom is 0.248 e. The predicted octanol–water partition coefficient (Wildman–Crippen LogP) is 3.95. The van der Waals surface area contributed by atoms with Crippen LogP contribution in [0, 0.1) is 12.3 Å². The maximum atomic E-state index is 12.1. The summed E-state index contributed by atoms with van der Waals surface area (Å²) in [5.41, 5.74) is 4.23. The van der Waals surface area contributed by atoms with Crippen LogP contribution < -0.4 is 5.32 Å². The van der Waals surface area contributed by atoms with Crippen molar-refractivity contribution >= 4 is 11.6 Å². The molecule has 0 aliphatic heterocycles. The lowest BCUT2D eigenvalue weighted by Crippen LogP contribution is -2.18. The van der Waals surface area contributed by atoms with Crippen molar-refractivity contribution in [1.82, 2.24) is 0 Å². The van der Waals surface area contributed by atoms with E-state index in [2.05, 4.69) is 19.2 Å². The zero-order valence-corrected chi connectivity index (χ0v) is 13.2. The zero-order chi connectivity index (χ0) is 15.5. The van der Waals surface area contributed by atoms with Gasteiger partial charge in [0, 0.05) is 11.8 Å². The Morgan fingerprint density at radius 1 is 1.33 bits per heavy atom. The van der Waals surface area contributed by atoms with Crippen molar-refractivity contribution in [2.45, 2.75) is 53.1 Å². The second kappa shape index (κ2) is 6.44. The number of allylic oxidation sites excluding steroid dienone is 1. The lowest BCUT2D eigenvalue weighted by molar-refractivity contribution is -0.112. The first kappa shape index (κ1) is 15.8. The standard InChI is InChI=1S/C18H25NO2/c1-13-4-5-15(12-20)10-16(13)19-17(21)11-14-6-8-18(2,3)9-7-14/h4-5,10-11,20H,6-9,12H2,1-3H3,(H,19,21). The molecule has 0 atom stereocenters. The number of aryl methyl sites for hydroxylation is 1. The summed E-state index contributed by atoms with van der Waals surface area (Å²) in [5, 5.41) is 12.1. The van der Waals surface area contributed by atoms with Gasteiger partial charge in [0.25, 0.3) is 0 Å². The SMILES string of the molecule is Cc1ccc(CO)cc1NC(=O)C=C1CCC(C)(C)CC1. The van der Waals surface area contributed by atoms with E-state index < -0.39 is 0 Å². The molecule has 0 bridgehead atoms. The molecule has 0 spiro atoms. The number of hydrogen-bond donors (Lipinski definition) is 2. The van der Waals surface area contributed by atoms with Gasteiger partial charge >= 0.3 is 0 Å². The van der Waals surface area contributed by atoms with Gasteiger partial charge < -0.3 is 10.4 Å². The van der Waals surface area contributed by atoms with Crippen LogP contribution in [0.1, 0.15) is 50.7 Å². The Morgan fingerprint density at radius 2 is 2.00 bits per heavy atom. The van der Waals surface area contributed by atoms with Crippen LogP contribution in [0.25, 0.3) is 0 Å². The van der Waals surface area contributed by atoms with Crippen molar-refractivity contribution in [3.05, 3.63) is 41.0 Å². The molecule has 0 unspecified atom stereocenters. The van der Waals surface area contributed by atoms with E-state index in [-0.39, 0.29) is 12.5 Å². The third-order valence-electron chi connectivity index (χ3n) is 4.32. The van der Waals surface area contributed by atoms with Gasteiger partial charge in [0.15, 0.2) is 0 Å². The van der Waals surface area contributed by atoms with Crippen LogP contribution in [-0.4, -0.2) is 11.0 Å². The van der Waals surface area contributed by atoms with Gasteiger partial charge in [-0.15, -0.1) is 0 Å². The smallest absolute Gasteiger partial charge is 0.248 e. The number of benzene rings is 1. The summed E-state index contributed by atoms with van der Waals surface area (Å²) in [6.45, 7) is 6.51. The fourth-order valence-corrected chi connectivity index (χ4v) is 2.65. The fraction of sp³-hybridized carbons (Fsp3) is 0.500. The minimum absolute atomic E-state index is 0.0146. The number of carbonyl (C=O) groups excluding carboxylic acids is 1. The van der Waals surface area contributed by atoms with Gasteiger partial charge in [-0.1, -0.05) is 31.6 Å². The van der Waals surface area contributed by atoms with E-state index in [0.717, 1.165) is 42.5 Å². The highest BCUT2D eigenvalue weighted by Crippen LogP contribution is 2.37. The highest BCUT2D eigenvalue weighted by atomic mass is 16.3. The van der Waals surface area contributed by atoms with Crippen LogP contribution in [0.5, 0.6) is 0 Å². The molecule has 1 fully saturated rings. The van der Waals surface area contributed by atoms with Gasteiger partial charge in [-0.3, -0.25) is 4.79 Å². The van der Waals surface area contributed by atoms with Gasteiger partial charge in [0.1, 0.15) is 0 Å². The summed E-state index contributed by atoms with van der Waals surface area (Å²) >= 11 is 0. The quantitative estimate of drug-likeness (QED) is 0.827. The summed E-state index contributed by atoms with van der Waals surface area (Å²) in [7, 11) is 0. The molecule has 1 aliphatic rings. The van der Waals surface area contributed by atoms with E-state index in [1.807, 2.05) is 25.1 Å². The monoisotopic (exact) mass is 287 g/mol. The first-order valence-corrected chi connectivity index (χ1v) is 7.60. The first-order valence-electron chi connectivity index (χ1n) is 7.60. The largest absolute Gasteiger partial charge is 0.392 e. The number of aliphatic hydroxyl groups is 1. The molecule has 0 aromatic heterocycles. The summed E-state index contributed by atoms with van der Waals surface area (Å²) in [6, 6.07) is 5.61. The maximum absolute atomic E-state index is 12.1. The number of hydrogen-bond acceptors (Lipinski definition) is 2. The van der Waals surface area contributed by atoms with E-state index in [9.17, 15) is 9.90 Å². The van der Waals surface area contributed by atoms with E-state index >= 15 is 0 Å². The van der Waals surface area contributed by atoms with Crippen LogP contribution >= 0.6 is 0 Å². The lowest BCUT2D eigenvalue weighted by atomic mass is 9.75. The van der Waals surface area contributed by atoms with Crippen molar-refractivity contribution in [1.29, 1.82) is 0 Å². The third-order valence-corrected chi connectivity index (χ3v) is 4.32. The van der Waals surface area contributed by atoms with Crippen molar-refractivity contribution in [3.63, 3.8) is 0 Å². The Morgan fingerprint density at radius 3 is 2.62 bits per heavy atom. The predicted molar refractivity (Wildman–Crippen MR) is 86.1 cm³/mol. The van der Waals surface area contributed by atoms with Crippen molar-refractivity contribution in [3.8, 4) is 0 Å². The Hall–Kier alpha value is -1.61. The van der Waals surface area contributed by atoms with Gasteiger partial charge in [-0.25, -0.2) is 0 Å². The van der Waals surface area contributed by atoms with Crippen LogP contribution in [0.2, 0.25) is 0 Å². The lowest BCUT2D eigenvalue weighted by Gasteiger charge is -2.30. The highest BCUT2D eigenvalue weighted by Gasteiger charge is 2.23. The number of amides is 1. The Balaban J connectivity index is 2.02. The Bertz CT molecular complexity index is 546. The molecule has 1 amide bonds. The van der Waals surface area contributed by atoms with Crippen LogP contribution in [0.4, 0.5) is 5.69 Å². The highest BCUT2D eigenvalue weighted by molar-refractivity contribution is 6.00. The second-order valence-electron chi connectivity index (χ2n) is 6.76. The molecule has 2 rings (SSSR count). The number of nitrogens with one attached hydrogen (secondary N) is 1. The van der Waals surface area contributed by atoms with E-state index in [1.165, 1.54) is 5.57 Å². The molecule has 1 aromatic rings. The van der Waals surface area contributed by atoms with Gasteiger partial charge in [-0.05, 0) is 55.2 Å². The van der Waals surface area contributed by atoms with E-state index in [4.69, 9.17) is 0 Å². The first-order chi connectivity index (χ1) is 9.89. The van der Waals surface area contributed by atoms with Gasteiger partial charge in [-0.2, -0.15) is 0 Å². The molecule has 2 N–H and O–H groups in total. The summed E-state index contributed by atoms with van der Waals surface area (Å²) in [4.78, 5) is 12.1. The van der Waals surface area contributed by atoms with Crippen LogP contribution in [0.15, 0.2) is 29.8 Å². The zero-order valence-electron chi connectivity index (χ0n) is 13.2. The fourth-order valence-electron chi connectivity index (χ4n) is 2.65. The minimum Gasteiger partial charge on any atom is -0.392 e. The van der Waals surface area contributed by atoms with Crippen LogP contribution in [0.3, 0.4) is 0 Å². The van der Waals surface area contributed by atoms with Crippen molar-refractivity contribution in [2.24, 2.45) is 5.41 Å². The van der Waals surface area contributed by atoms with Crippen molar-refractivity contribution in [2.75, 3.05) is 5.32 Å². The molecule has 1 aliphatic carbocycles. The number of rotatable bonds is 3. The summed E-state index contributed by atoms with van der Waals surface area (Å²) in [6.07, 6.45) is 6.06. The van der Waals surface area contributed by atoms with E-state index in [0.29, 0.717) is 5.41 Å². The summed E-state index contributed by atoms with van der Waals surface area (Å²) < 4.78 is 0. The second-order valence-corrected chi connectivity index (χ2v) is 6.76. The average Bonchev–Trinajstić information content (AvgIpc) is 2.43. The number of carbonyl (C=O) groups is 1. The molecule has 0 heterocycles. The summed E-state index contributed by atoms with van der Waals surface area (Å²) in [5.74, 6) is -0.0668. The number of anilines is 1. The van der Waals surface area contributed by atoms with Gasteiger partial charge in [0.05, 0.1) is 6.61 Å². The molecule has 3 nitrogen and oxygen atoms in total. The van der Waals surface area contributed by atoms with Gasteiger partial charge in [0.2, 0.25) is 5.91 Å². The molecule has 3 heteroatoms. The van der Waals surface area contributed by atoms with E-state index in [1.54, 1.807) is 6.08 Å². The van der Waals surface area contributed by atoms with Crippen molar-refractivity contribution < 1.29 is 9.90 Å². The normalized spacial score (nSPS) is 17.4. The molecule has 0 saturated heterocycles. The number of aliphatic hydroxyl groups excluding tert-OH is 1. The molecule has 1 saturated carbocycles.